The fourth-order valence-electron chi connectivity index (χ4n) is 3.98. The maximum atomic E-state index is 14.9. The van der Waals surface area contributed by atoms with Gasteiger partial charge in [0.1, 0.15) is 17.3 Å². The fourth-order valence-corrected chi connectivity index (χ4v) is 5.05. The quantitative estimate of drug-likeness (QED) is 0.415. The van der Waals surface area contributed by atoms with Gasteiger partial charge in [-0.15, -0.1) is 0 Å². The molecule has 8 nitrogen and oxygen atoms in total. The largest absolute Gasteiger partial charge is 0.373 e. The number of fused-ring (bicyclic) bond motifs is 3. The molecule has 1 aliphatic carbocycles. The van der Waals surface area contributed by atoms with E-state index in [9.17, 15) is 9.18 Å². The number of urea groups is 1. The Bertz CT molecular complexity index is 1330. The van der Waals surface area contributed by atoms with Gasteiger partial charge >= 0.3 is 6.03 Å². The Morgan fingerprint density at radius 3 is 2.73 bits per heavy atom. The van der Waals surface area contributed by atoms with E-state index >= 15 is 0 Å². The van der Waals surface area contributed by atoms with Crippen molar-refractivity contribution in [3.05, 3.63) is 59.7 Å². The maximum absolute atomic E-state index is 14.9. The van der Waals surface area contributed by atoms with E-state index in [1.165, 1.54) is 17.4 Å². The first kappa shape index (κ1) is 21.1. The lowest BCUT2D eigenvalue weighted by Gasteiger charge is -2.08. The van der Waals surface area contributed by atoms with Crippen LogP contribution in [0.5, 0.6) is 0 Å². The van der Waals surface area contributed by atoms with Crippen LogP contribution in [-0.2, 0) is 12.8 Å². The van der Waals surface area contributed by atoms with Crippen LogP contribution in [0.1, 0.15) is 17.7 Å². The maximum Gasteiger partial charge on any atom is 0.320 e. The van der Waals surface area contributed by atoms with Gasteiger partial charge in [-0.1, -0.05) is 23.5 Å². The summed E-state index contributed by atoms with van der Waals surface area (Å²) in [5.41, 5.74) is 4.69. The number of halogens is 1. The Balaban J connectivity index is 1.73. The predicted molar refractivity (Wildman–Crippen MR) is 128 cm³/mol. The minimum atomic E-state index is -0.364. The molecule has 4 aromatic rings. The summed E-state index contributed by atoms with van der Waals surface area (Å²) in [5, 5.41) is 13.7. The number of pyridine rings is 1. The Morgan fingerprint density at radius 2 is 2.00 bits per heavy atom. The molecule has 0 radical (unpaired) electrons. The average Bonchev–Trinajstić information content (AvgIpc) is 3.35. The van der Waals surface area contributed by atoms with Gasteiger partial charge in [0.05, 0.1) is 22.0 Å². The van der Waals surface area contributed by atoms with Gasteiger partial charge in [-0.05, 0) is 43.5 Å². The lowest BCUT2D eigenvalue weighted by Crippen LogP contribution is -2.24. The van der Waals surface area contributed by atoms with E-state index < -0.39 is 0 Å². The third kappa shape index (κ3) is 3.82. The molecule has 0 atom stereocenters. The standard InChI is InChI=1S/C23H22FN7OS/c1-25-18-11-10-13(12-27-18)19-14-6-5-8-16-21(33-23(28-16)29-22(32)26-2)20(14)31(30-19)17-9-4-3-7-15(17)24/h3-4,7,9-12H,5-6,8H2,1-2H3,(H,25,27)(H2,26,28,29,32). The van der Waals surface area contributed by atoms with Crippen LogP contribution in [0.3, 0.4) is 0 Å². The molecule has 0 bridgehead atoms. The first-order valence-corrected chi connectivity index (χ1v) is 11.4. The number of rotatable bonds is 4. The minimum absolute atomic E-state index is 0.335. The Kier molecular flexibility index (Phi) is 5.51. The van der Waals surface area contributed by atoms with Crippen LogP contribution in [-0.4, -0.2) is 39.9 Å². The molecule has 3 aromatic heterocycles. The second-order valence-electron chi connectivity index (χ2n) is 7.57. The molecule has 168 valence electrons. The van der Waals surface area contributed by atoms with E-state index in [0.717, 1.165) is 58.2 Å². The second kappa shape index (κ2) is 8.62. The van der Waals surface area contributed by atoms with Crippen molar-refractivity contribution in [2.75, 3.05) is 24.7 Å². The van der Waals surface area contributed by atoms with Crippen molar-refractivity contribution in [2.24, 2.45) is 0 Å². The molecule has 0 unspecified atom stereocenters. The zero-order valence-electron chi connectivity index (χ0n) is 18.1. The highest BCUT2D eigenvalue weighted by atomic mass is 32.1. The van der Waals surface area contributed by atoms with Crippen molar-refractivity contribution in [2.45, 2.75) is 19.3 Å². The van der Waals surface area contributed by atoms with Crippen molar-refractivity contribution in [1.29, 1.82) is 0 Å². The van der Waals surface area contributed by atoms with Crippen LogP contribution in [0.25, 0.3) is 27.5 Å². The molecule has 3 N–H and O–H groups in total. The van der Waals surface area contributed by atoms with Gasteiger partial charge in [0.25, 0.3) is 0 Å². The number of carbonyl (C=O) groups excluding carboxylic acids is 1. The van der Waals surface area contributed by atoms with Gasteiger partial charge in [0, 0.05) is 31.4 Å². The zero-order chi connectivity index (χ0) is 22.9. The molecule has 0 saturated heterocycles. The van der Waals surface area contributed by atoms with Crippen molar-refractivity contribution < 1.29 is 9.18 Å². The molecule has 1 aliphatic rings. The molecule has 0 aliphatic heterocycles. The van der Waals surface area contributed by atoms with Crippen molar-refractivity contribution >= 4 is 28.3 Å². The summed E-state index contributed by atoms with van der Waals surface area (Å²) in [5.74, 6) is 0.394. The predicted octanol–water partition coefficient (Wildman–Crippen LogP) is 4.48. The molecule has 0 saturated carbocycles. The lowest BCUT2D eigenvalue weighted by atomic mass is 10.0. The van der Waals surface area contributed by atoms with E-state index in [0.29, 0.717) is 10.8 Å². The van der Waals surface area contributed by atoms with Gasteiger partial charge in [0.2, 0.25) is 0 Å². The first-order chi connectivity index (χ1) is 16.1. The summed E-state index contributed by atoms with van der Waals surface area (Å²) in [6, 6.07) is 10.1. The minimum Gasteiger partial charge on any atom is -0.373 e. The number of hydrogen-bond acceptors (Lipinski definition) is 6. The van der Waals surface area contributed by atoms with Crippen LogP contribution in [0.4, 0.5) is 20.1 Å². The smallest absolute Gasteiger partial charge is 0.320 e. The van der Waals surface area contributed by atoms with Crippen molar-refractivity contribution in [3.63, 3.8) is 0 Å². The van der Waals surface area contributed by atoms with Crippen LogP contribution in [0.15, 0.2) is 42.6 Å². The zero-order valence-corrected chi connectivity index (χ0v) is 19.0. The van der Waals surface area contributed by atoms with Crippen LogP contribution in [0.2, 0.25) is 0 Å². The average molecular weight is 464 g/mol. The number of hydrogen-bond donors (Lipinski definition) is 3. The number of benzene rings is 1. The van der Waals surface area contributed by atoms with Gasteiger partial charge in [-0.25, -0.2) is 23.8 Å². The molecule has 3 heterocycles. The number of thiazole rings is 1. The lowest BCUT2D eigenvalue weighted by molar-refractivity contribution is 0.254. The topological polar surface area (TPSA) is 96.8 Å². The number of nitrogens with one attached hydrogen (secondary N) is 3. The van der Waals surface area contributed by atoms with Crippen molar-refractivity contribution in [3.8, 4) is 27.5 Å². The van der Waals surface area contributed by atoms with Crippen molar-refractivity contribution in [1.82, 2.24) is 25.1 Å². The number of nitrogens with zero attached hydrogens (tertiary/aromatic N) is 4. The van der Waals surface area contributed by atoms with E-state index in [4.69, 9.17) is 5.10 Å². The van der Waals surface area contributed by atoms with Crippen LogP contribution < -0.4 is 16.0 Å². The van der Waals surface area contributed by atoms with Gasteiger partial charge in [-0.3, -0.25) is 5.32 Å². The second-order valence-corrected chi connectivity index (χ2v) is 8.57. The van der Waals surface area contributed by atoms with E-state index in [2.05, 4.69) is 25.9 Å². The highest BCUT2D eigenvalue weighted by Crippen LogP contribution is 2.43. The summed E-state index contributed by atoms with van der Waals surface area (Å²) in [4.78, 5) is 21.8. The fraction of sp³-hybridized carbons (Fsp3) is 0.217. The number of carbonyl (C=O) groups is 1. The van der Waals surface area contributed by atoms with E-state index in [1.54, 1.807) is 36.1 Å². The van der Waals surface area contributed by atoms with Crippen LogP contribution >= 0.6 is 11.3 Å². The van der Waals surface area contributed by atoms with Gasteiger partial charge in [0.15, 0.2) is 5.13 Å². The molecule has 33 heavy (non-hydrogen) atoms. The number of aromatic nitrogens is 4. The monoisotopic (exact) mass is 463 g/mol. The molecule has 5 rings (SSSR count). The number of para-hydroxylation sites is 1. The summed E-state index contributed by atoms with van der Waals surface area (Å²) in [7, 11) is 3.37. The third-order valence-corrected chi connectivity index (χ3v) is 6.58. The summed E-state index contributed by atoms with van der Waals surface area (Å²) in [6.45, 7) is 0. The SMILES string of the molecule is CNC(=O)Nc1nc2c(s1)-c1c(c(-c3ccc(NC)nc3)nn1-c1ccccc1F)CCC2. The molecular formula is C23H22FN7OS. The molecular weight excluding hydrogens is 441 g/mol. The van der Waals surface area contributed by atoms with E-state index in [-0.39, 0.29) is 11.8 Å². The summed E-state index contributed by atoms with van der Waals surface area (Å²) in [6.07, 6.45) is 4.16. The highest BCUT2D eigenvalue weighted by Gasteiger charge is 2.29. The molecule has 0 fully saturated rings. The molecule has 0 spiro atoms. The molecule has 1 aromatic carbocycles. The number of anilines is 2. The summed E-state index contributed by atoms with van der Waals surface area (Å²) >= 11 is 1.37. The third-order valence-electron chi connectivity index (χ3n) is 5.56. The molecule has 10 heteroatoms. The summed E-state index contributed by atoms with van der Waals surface area (Å²) < 4.78 is 16.6. The Hall–Kier alpha value is -3.79. The van der Waals surface area contributed by atoms with Gasteiger partial charge in [-0.2, -0.15) is 5.10 Å². The Morgan fingerprint density at radius 1 is 1.15 bits per heavy atom. The first-order valence-electron chi connectivity index (χ1n) is 10.6. The number of amides is 2. The molecule has 2 amide bonds. The van der Waals surface area contributed by atoms with E-state index in [1.807, 2.05) is 19.2 Å². The van der Waals surface area contributed by atoms with Gasteiger partial charge < -0.3 is 10.6 Å². The Labute approximate surface area is 193 Å². The van der Waals surface area contributed by atoms with Crippen LogP contribution in [0, 0.1) is 5.82 Å². The highest BCUT2D eigenvalue weighted by molar-refractivity contribution is 7.19. The number of aryl methyl sites for hydroxylation is 1. The normalized spacial score (nSPS) is 12.5.